The molecule has 0 aromatic heterocycles. The number of unbranched alkanes of at least 4 members (excludes halogenated alkanes) is 2. The Morgan fingerprint density at radius 2 is 1.90 bits per heavy atom. The van der Waals surface area contributed by atoms with E-state index in [0.29, 0.717) is 0 Å². The van der Waals surface area contributed by atoms with Gasteiger partial charge in [-0.3, -0.25) is 0 Å². The van der Waals surface area contributed by atoms with Gasteiger partial charge in [-0.2, -0.15) is 0 Å². The van der Waals surface area contributed by atoms with Crippen LogP contribution in [0.3, 0.4) is 0 Å². The van der Waals surface area contributed by atoms with Crippen molar-refractivity contribution in [1.29, 1.82) is 0 Å². The Balaban J connectivity index is 3.19. The van der Waals surface area contributed by atoms with Crippen LogP contribution in [0, 0.1) is 6.92 Å². The first-order valence-corrected chi connectivity index (χ1v) is 3.65. The Hall–Kier alpha value is -0.780. The average Bonchev–Trinajstić information content (AvgIpc) is 1.97. The van der Waals surface area contributed by atoms with Crippen LogP contribution >= 0.6 is 0 Å². The molecule has 0 fully saturated rings. The number of allylic oxidation sites excluding steroid dienone is 5. The summed E-state index contributed by atoms with van der Waals surface area (Å²) in [6, 6.07) is 0. The van der Waals surface area contributed by atoms with Crippen LogP contribution in [0.1, 0.15) is 19.3 Å². The van der Waals surface area contributed by atoms with Gasteiger partial charge < -0.3 is 0 Å². The molecule has 0 heteroatoms. The standard InChI is InChI=1S/C10H15/c1-3-5-7-9-10-8-6-4-2/h3,5,7,9-10H,1-2,4,6,8H2. The predicted molar refractivity (Wildman–Crippen MR) is 47.7 cm³/mol. The number of hydrogen-bond donors (Lipinski definition) is 0. The lowest BCUT2D eigenvalue weighted by Crippen LogP contribution is -1.64. The highest BCUT2D eigenvalue weighted by Gasteiger charge is 1.74. The Morgan fingerprint density at radius 3 is 2.50 bits per heavy atom. The monoisotopic (exact) mass is 135 g/mol. The Bertz CT molecular complexity index is 118. The molecule has 0 atom stereocenters. The summed E-state index contributed by atoms with van der Waals surface area (Å²) in [5.74, 6) is 0. The van der Waals surface area contributed by atoms with Gasteiger partial charge in [0.2, 0.25) is 0 Å². The summed E-state index contributed by atoms with van der Waals surface area (Å²) >= 11 is 0. The Labute approximate surface area is 64.0 Å². The molecule has 55 valence electrons. The van der Waals surface area contributed by atoms with E-state index in [9.17, 15) is 0 Å². The second kappa shape index (κ2) is 8.22. The maximum atomic E-state index is 3.75. The molecule has 0 saturated carbocycles. The van der Waals surface area contributed by atoms with E-state index in [1.807, 2.05) is 18.2 Å². The molecule has 0 saturated heterocycles. The third kappa shape index (κ3) is 7.22. The van der Waals surface area contributed by atoms with E-state index < -0.39 is 0 Å². The third-order valence-corrected chi connectivity index (χ3v) is 1.12. The highest BCUT2D eigenvalue weighted by atomic mass is 13.8. The normalized spacial score (nSPS) is 11.3. The van der Waals surface area contributed by atoms with E-state index in [2.05, 4.69) is 19.6 Å². The molecule has 0 rings (SSSR count). The zero-order valence-corrected chi connectivity index (χ0v) is 6.42. The molecule has 0 aromatic rings. The van der Waals surface area contributed by atoms with Gasteiger partial charge in [0.05, 0.1) is 0 Å². The third-order valence-electron chi connectivity index (χ3n) is 1.12. The van der Waals surface area contributed by atoms with E-state index in [1.54, 1.807) is 6.08 Å². The van der Waals surface area contributed by atoms with Crippen molar-refractivity contribution in [3.8, 4) is 0 Å². The van der Waals surface area contributed by atoms with Gasteiger partial charge in [-0.25, -0.2) is 0 Å². The highest BCUT2D eigenvalue weighted by Crippen LogP contribution is 1.94. The Morgan fingerprint density at radius 1 is 1.10 bits per heavy atom. The van der Waals surface area contributed by atoms with Gasteiger partial charge in [0.1, 0.15) is 0 Å². The lowest BCUT2D eigenvalue weighted by Gasteiger charge is -1.84. The number of rotatable bonds is 5. The lowest BCUT2D eigenvalue weighted by molar-refractivity contribution is 0.866. The maximum Gasteiger partial charge on any atom is -0.0348 e. The SMILES string of the molecule is [CH2]CCCC=CC=CC=C. The lowest BCUT2D eigenvalue weighted by atomic mass is 10.2. The summed E-state index contributed by atoms with van der Waals surface area (Å²) in [6.45, 7) is 7.32. The minimum Gasteiger partial charge on any atom is -0.0991 e. The van der Waals surface area contributed by atoms with Gasteiger partial charge in [0, 0.05) is 0 Å². The summed E-state index contributed by atoms with van der Waals surface area (Å²) in [7, 11) is 0. The fraction of sp³-hybridized carbons (Fsp3) is 0.300. The minimum atomic E-state index is 1.02. The van der Waals surface area contributed by atoms with E-state index in [1.165, 1.54) is 6.42 Å². The fourth-order valence-electron chi connectivity index (χ4n) is 0.580. The number of hydrogen-bond acceptors (Lipinski definition) is 0. The summed E-state index contributed by atoms with van der Waals surface area (Å²) in [5.41, 5.74) is 0. The van der Waals surface area contributed by atoms with Crippen LogP contribution in [0.15, 0.2) is 37.0 Å². The molecule has 0 amide bonds. The van der Waals surface area contributed by atoms with Gasteiger partial charge in [-0.1, -0.05) is 50.3 Å². The molecule has 0 spiro atoms. The van der Waals surface area contributed by atoms with Gasteiger partial charge in [0.25, 0.3) is 0 Å². The molecule has 0 aliphatic heterocycles. The zero-order chi connectivity index (χ0) is 7.66. The van der Waals surface area contributed by atoms with Crippen molar-refractivity contribution in [1.82, 2.24) is 0 Å². The van der Waals surface area contributed by atoms with Crippen LogP contribution in [-0.2, 0) is 0 Å². The van der Waals surface area contributed by atoms with E-state index >= 15 is 0 Å². The van der Waals surface area contributed by atoms with Crippen LogP contribution in [-0.4, -0.2) is 0 Å². The van der Waals surface area contributed by atoms with Crippen molar-refractivity contribution in [3.05, 3.63) is 43.9 Å². The van der Waals surface area contributed by atoms with Crippen LogP contribution in [0.4, 0.5) is 0 Å². The summed E-state index contributed by atoms with van der Waals surface area (Å²) < 4.78 is 0. The van der Waals surface area contributed by atoms with Crippen LogP contribution in [0.5, 0.6) is 0 Å². The Kier molecular flexibility index (Phi) is 7.58. The second-order valence-corrected chi connectivity index (χ2v) is 2.04. The molecule has 0 heterocycles. The van der Waals surface area contributed by atoms with Crippen LogP contribution in [0.2, 0.25) is 0 Å². The molecule has 0 N–H and O–H groups in total. The van der Waals surface area contributed by atoms with Gasteiger partial charge >= 0.3 is 0 Å². The van der Waals surface area contributed by atoms with Crippen molar-refractivity contribution in [2.75, 3.05) is 0 Å². The van der Waals surface area contributed by atoms with Crippen molar-refractivity contribution in [2.24, 2.45) is 0 Å². The van der Waals surface area contributed by atoms with Gasteiger partial charge in [-0.05, 0) is 12.8 Å². The summed E-state index contributed by atoms with van der Waals surface area (Å²) in [4.78, 5) is 0. The van der Waals surface area contributed by atoms with Crippen molar-refractivity contribution in [3.63, 3.8) is 0 Å². The molecule has 0 aliphatic rings. The minimum absolute atomic E-state index is 1.02. The first-order valence-electron chi connectivity index (χ1n) is 3.65. The molecule has 0 aromatic carbocycles. The molecule has 0 nitrogen and oxygen atoms in total. The van der Waals surface area contributed by atoms with Crippen LogP contribution < -0.4 is 0 Å². The molecule has 10 heavy (non-hydrogen) atoms. The van der Waals surface area contributed by atoms with E-state index in [4.69, 9.17) is 0 Å². The fourth-order valence-corrected chi connectivity index (χ4v) is 0.580. The molecular formula is C10H15. The van der Waals surface area contributed by atoms with E-state index in [-0.39, 0.29) is 0 Å². The van der Waals surface area contributed by atoms with Crippen molar-refractivity contribution in [2.45, 2.75) is 19.3 Å². The first-order chi connectivity index (χ1) is 4.91. The molecular weight excluding hydrogens is 120 g/mol. The molecule has 0 unspecified atom stereocenters. The van der Waals surface area contributed by atoms with Crippen molar-refractivity contribution < 1.29 is 0 Å². The van der Waals surface area contributed by atoms with Crippen molar-refractivity contribution >= 4 is 0 Å². The highest BCUT2D eigenvalue weighted by molar-refractivity contribution is 5.08. The molecule has 0 bridgehead atoms. The van der Waals surface area contributed by atoms with Crippen LogP contribution in [0.25, 0.3) is 0 Å². The van der Waals surface area contributed by atoms with E-state index in [0.717, 1.165) is 12.8 Å². The maximum absolute atomic E-state index is 3.75. The smallest absolute Gasteiger partial charge is 0.0348 e. The van der Waals surface area contributed by atoms with Gasteiger partial charge in [0.15, 0.2) is 0 Å². The molecule has 1 radical (unpaired) electrons. The summed E-state index contributed by atoms with van der Waals surface area (Å²) in [5, 5.41) is 0. The quantitative estimate of drug-likeness (QED) is 0.401. The average molecular weight is 135 g/mol. The predicted octanol–water partition coefficient (Wildman–Crippen LogP) is 3.29. The topological polar surface area (TPSA) is 0 Å². The first kappa shape index (κ1) is 9.22. The largest absolute Gasteiger partial charge is 0.0991 e. The summed E-state index contributed by atoms with van der Waals surface area (Å²) in [6.07, 6.45) is 13.2. The molecule has 0 aliphatic carbocycles. The second-order valence-electron chi connectivity index (χ2n) is 2.04. The van der Waals surface area contributed by atoms with Gasteiger partial charge in [-0.15, -0.1) is 0 Å². The zero-order valence-electron chi connectivity index (χ0n) is 6.42.